The van der Waals surface area contributed by atoms with E-state index in [1.54, 1.807) is 6.07 Å². The SMILES string of the molecule is CCc1cc(F)ccc1CI. The van der Waals surface area contributed by atoms with Gasteiger partial charge in [-0.1, -0.05) is 35.6 Å². The maximum absolute atomic E-state index is 12.7. The third kappa shape index (κ3) is 2.15. The standard InChI is InChI=1S/C9H10FI/c1-2-7-5-9(10)4-3-8(7)6-11/h3-5H,2,6H2,1H3. The number of benzene rings is 1. The number of halogens is 2. The average molecular weight is 264 g/mol. The second kappa shape index (κ2) is 4.04. The van der Waals surface area contributed by atoms with E-state index in [-0.39, 0.29) is 5.82 Å². The van der Waals surface area contributed by atoms with Gasteiger partial charge in [0.05, 0.1) is 0 Å². The van der Waals surface area contributed by atoms with Crippen molar-refractivity contribution >= 4 is 22.6 Å². The molecular formula is C9H10FI. The molecule has 0 saturated heterocycles. The first-order valence-corrected chi connectivity index (χ1v) is 5.13. The van der Waals surface area contributed by atoms with E-state index in [9.17, 15) is 4.39 Å². The molecule has 0 amide bonds. The van der Waals surface area contributed by atoms with Crippen LogP contribution in [0.25, 0.3) is 0 Å². The van der Waals surface area contributed by atoms with Crippen LogP contribution in [0.1, 0.15) is 18.1 Å². The first-order chi connectivity index (χ1) is 5.27. The summed E-state index contributed by atoms with van der Waals surface area (Å²) in [5.74, 6) is -0.129. The lowest BCUT2D eigenvalue weighted by atomic mass is 10.1. The molecule has 11 heavy (non-hydrogen) atoms. The van der Waals surface area contributed by atoms with Crippen molar-refractivity contribution in [3.05, 3.63) is 35.1 Å². The number of hydrogen-bond donors (Lipinski definition) is 0. The zero-order valence-corrected chi connectivity index (χ0v) is 8.56. The molecule has 0 fully saturated rings. The van der Waals surface area contributed by atoms with Crippen LogP contribution in [0.2, 0.25) is 0 Å². The number of alkyl halides is 1. The molecule has 2 heteroatoms. The van der Waals surface area contributed by atoms with Gasteiger partial charge in [0.15, 0.2) is 0 Å². The smallest absolute Gasteiger partial charge is 0.123 e. The largest absolute Gasteiger partial charge is 0.207 e. The van der Waals surface area contributed by atoms with Crippen LogP contribution >= 0.6 is 22.6 Å². The predicted molar refractivity (Wildman–Crippen MR) is 53.5 cm³/mol. The van der Waals surface area contributed by atoms with Gasteiger partial charge < -0.3 is 0 Å². The normalized spacial score (nSPS) is 10.1. The molecule has 0 N–H and O–H groups in total. The Balaban J connectivity index is 3.06. The van der Waals surface area contributed by atoms with Crippen LogP contribution in [0.15, 0.2) is 18.2 Å². The first-order valence-electron chi connectivity index (χ1n) is 3.61. The summed E-state index contributed by atoms with van der Waals surface area (Å²) in [4.78, 5) is 0. The molecular weight excluding hydrogens is 254 g/mol. The maximum atomic E-state index is 12.7. The molecule has 0 aliphatic rings. The third-order valence-corrected chi connectivity index (χ3v) is 2.51. The van der Waals surface area contributed by atoms with E-state index in [1.165, 1.54) is 11.6 Å². The van der Waals surface area contributed by atoms with E-state index in [1.807, 2.05) is 13.0 Å². The summed E-state index contributed by atoms with van der Waals surface area (Å²) in [5.41, 5.74) is 2.37. The highest BCUT2D eigenvalue weighted by Crippen LogP contribution is 2.14. The molecule has 0 saturated carbocycles. The number of aryl methyl sites for hydroxylation is 1. The highest BCUT2D eigenvalue weighted by Gasteiger charge is 1.99. The fourth-order valence-corrected chi connectivity index (χ4v) is 1.80. The van der Waals surface area contributed by atoms with E-state index in [4.69, 9.17) is 0 Å². The summed E-state index contributed by atoms with van der Waals surface area (Å²) in [6.45, 7) is 2.05. The van der Waals surface area contributed by atoms with E-state index in [0.717, 1.165) is 16.4 Å². The minimum absolute atomic E-state index is 0.129. The molecule has 1 rings (SSSR count). The van der Waals surface area contributed by atoms with Crippen molar-refractivity contribution in [1.29, 1.82) is 0 Å². The Kier molecular flexibility index (Phi) is 3.30. The fourth-order valence-electron chi connectivity index (χ4n) is 1.05. The van der Waals surface area contributed by atoms with E-state index in [0.29, 0.717) is 0 Å². The summed E-state index contributed by atoms with van der Waals surface area (Å²) < 4.78 is 13.6. The zero-order valence-electron chi connectivity index (χ0n) is 6.40. The molecule has 0 spiro atoms. The lowest BCUT2D eigenvalue weighted by Crippen LogP contribution is -1.89. The van der Waals surface area contributed by atoms with E-state index in [2.05, 4.69) is 22.6 Å². The minimum Gasteiger partial charge on any atom is -0.207 e. The molecule has 0 bridgehead atoms. The summed E-state index contributed by atoms with van der Waals surface area (Å²) in [6, 6.07) is 5.00. The molecule has 0 radical (unpaired) electrons. The van der Waals surface area contributed by atoms with Gasteiger partial charge in [-0.2, -0.15) is 0 Å². The number of hydrogen-bond acceptors (Lipinski definition) is 0. The van der Waals surface area contributed by atoms with Crippen molar-refractivity contribution in [1.82, 2.24) is 0 Å². The third-order valence-electron chi connectivity index (χ3n) is 1.69. The summed E-state index contributed by atoms with van der Waals surface area (Å²) in [5, 5.41) is 0. The minimum atomic E-state index is -0.129. The van der Waals surface area contributed by atoms with Gasteiger partial charge in [-0.3, -0.25) is 0 Å². The quantitative estimate of drug-likeness (QED) is 0.567. The molecule has 0 nitrogen and oxygen atoms in total. The average Bonchev–Trinajstić information content (AvgIpc) is 2.04. The zero-order chi connectivity index (χ0) is 8.27. The van der Waals surface area contributed by atoms with Crippen molar-refractivity contribution in [2.24, 2.45) is 0 Å². The monoisotopic (exact) mass is 264 g/mol. The molecule has 60 valence electrons. The molecule has 0 unspecified atom stereocenters. The Morgan fingerprint density at radius 1 is 1.36 bits per heavy atom. The van der Waals surface area contributed by atoms with Gasteiger partial charge in [-0.15, -0.1) is 0 Å². The highest BCUT2D eigenvalue weighted by molar-refractivity contribution is 14.1. The Labute approximate surface area is 80.0 Å². The van der Waals surface area contributed by atoms with Crippen LogP contribution in [-0.2, 0) is 10.8 Å². The Morgan fingerprint density at radius 2 is 2.09 bits per heavy atom. The summed E-state index contributed by atoms with van der Waals surface area (Å²) in [7, 11) is 0. The maximum Gasteiger partial charge on any atom is 0.123 e. The second-order valence-electron chi connectivity index (χ2n) is 2.40. The van der Waals surface area contributed by atoms with Gasteiger partial charge in [-0.25, -0.2) is 4.39 Å². The Bertz CT molecular complexity index is 245. The lowest BCUT2D eigenvalue weighted by molar-refractivity contribution is 0.625. The van der Waals surface area contributed by atoms with E-state index >= 15 is 0 Å². The van der Waals surface area contributed by atoms with Crippen molar-refractivity contribution in [3.63, 3.8) is 0 Å². The number of rotatable bonds is 2. The van der Waals surface area contributed by atoms with Crippen molar-refractivity contribution in [2.45, 2.75) is 17.8 Å². The molecule has 0 aliphatic carbocycles. The van der Waals surface area contributed by atoms with Crippen molar-refractivity contribution < 1.29 is 4.39 Å². The van der Waals surface area contributed by atoms with Gasteiger partial charge in [0.1, 0.15) is 5.82 Å². The summed E-state index contributed by atoms with van der Waals surface area (Å²) in [6.07, 6.45) is 0.913. The van der Waals surface area contributed by atoms with Crippen LogP contribution in [0, 0.1) is 5.82 Å². The van der Waals surface area contributed by atoms with Crippen LogP contribution in [-0.4, -0.2) is 0 Å². The first kappa shape index (κ1) is 8.97. The van der Waals surface area contributed by atoms with Gasteiger partial charge in [-0.05, 0) is 29.7 Å². The van der Waals surface area contributed by atoms with Crippen molar-refractivity contribution in [2.75, 3.05) is 0 Å². The Morgan fingerprint density at radius 3 is 2.64 bits per heavy atom. The van der Waals surface area contributed by atoms with Gasteiger partial charge >= 0.3 is 0 Å². The van der Waals surface area contributed by atoms with Crippen LogP contribution < -0.4 is 0 Å². The topological polar surface area (TPSA) is 0 Å². The summed E-state index contributed by atoms with van der Waals surface area (Å²) >= 11 is 2.29. The predicted octanol–water partition coefficient (Wildman–Crippen LogP) is 3.32. The van der Waals surface area contributed by atoms with Crippen LogP contribution in [0.3, 0.4) is 0 Å². The molecule has 0 aromatic heterocycles. The van der Waals surface area contributed by atoms with Gasteiger partial charge in [0.25, 0.3) is 0 Å². The Hall–Kier alpha value is -0.120. The molecule has 0 aliphatic heterocycles. The van der Waals surface area contributed by atoms with Crippen molar-refractivity contribution in [3.8, 4) is 0 Å². The second-order valence-corrected chi connectivity index (χ2v) is 3.16. The van der Waals surface area contributed by atoms with E-state index < -0.39 is 0 Å². The van der Waals surface area contributed by atoms with Crippen LogP contribution in [0.5, 0.6) is 0 Å². The molecule has 0 heterocycles. The molecule has 1 aromatic carbocycles. The fraction of sp³-hybridized carbons (Fsp3) is 0.333. The van der Waals surface area contributed by atoms with Crippen LogP contribution in [0.4, 0.5) is 4.39 Å². The molecule has 1 aromatic rings. The lowest BCUT2D eigenvalue weighted by Gasteiger charge is -2.03. The highest BCUT2D eigenvalue weighted by atomic mass is 127. The van der Waals surface area contributed by atoms with Gasteiger partial charge in [0.2, 0.25) is 0 Å². The van der Waals surface area contributed by atoms with Gasteiger partial charge in [0, 0.05) is 4.43 Å². The molecule has 0 atom stereocenters.